The molecule has 0 aromatic heterocycles. The van der Waals surface area contributed by atoms with Crippen molar-refractivity contribution in [2.45, 2.75) is 72.6 Å². The predicted octanol–water partition coefficient (Wildman–Crippen LogP) is 7.76. The Labute approximate surface area is 174 Å². The molecule has 0 amide bonds. The third-order valence-corrected chi connectivity index (χ3v) is 4.23. The van der Waals surface area contributed by atoms with Crippen LogP contribution in [0.25, 0.3) is 0 Å². The van der Waals surface area contributed by atoms with E-state index in [0.29, 0.717) is 5.41 Å². The van der Waals surface area contributed by atoms with E-state index < -0.39 is 0 Å². The highest BCUT2D eigenvalue weighted by molar-refractivity contribution is 7.99. The molecule has 0 atom stereocenters. The summed E-state index contributed by atoms with van der Waals surface area (Å²) >= 11 is 1.88. The van der Waals surface area contributed by atoms with E-state index in [4.69, 9.17) is 0 Å². The predicted molar refractivity (Wildman–Crippen MR) is 128 cm³/mol. The van der Waals surface area contributed by atoms with E-state index in [2.05, 4.69) is 103 Å². The van der Waals surface area contributed by atoms with Gasteiger partial charge in [0.2, 0.25) is 0 Å². The van der Waals surface area contributed by atoms with Gasteiger partial charge in [-0.05, 0) is 55.7 Å². The highest BCUT2D eigenvalue weighted by Crippen LogP contribution is 2.21. The standard InChI is InChI=1S/C13H20.C8H10S.C3H8.CH5N/c1-11-5-7-12(8-6-11)9-10-13(2,3)4;1-2-9-8-6-4-3-5-7-8;1-3-2;1-2/h5-8H,9-10H2,1-4H3;3-7H,2H2,1H3;3H2,1-2H3;2H2,1H3. The van der Waals surface area contributed by atoms with Gasteiger partial charge in [0.25, 0.3) is 0 Å². The van der Waals surface area contributed by atoms with Gasteiger partial charge < -0.3 is 5.73 Å². The Kier molecular flexibility index (Phi) is 18.8. The van der Waals surface area contributed by atoms with Crippen molar-refractivity contribution in [1.82, 2.24) is 0 Å². The third kappa shape index (κ3) is 19.3. The fourth-order valence-electron chi connectivity index (χ4n) is 1.96. The molecule has 0 aliphatic carbocycles. The summed E-state index contributed by atoms with van der Waals surface area (Å²) in [6, 6.07) is 19.3. The highest BCUT2D eigenvalue weighted by Gasteiger charge is 2.09. The van der Waals surface area contributed by atoms with Crippen molar-refractivity contribution >= 4 is 11.8 Å². The van der Waals surface area contributed by atoms with Gasteiger partial charge in [0.15, 0.2) is 0 Å². The summed E-state index contributed by atoms with van der Waals surface area (Å²) in [6.45, 7) is 15.4. The maximum atomic E-state index is 4.50. The van der Waals surface area contributed by atoms with Crippen molar-refractivity contribution < 1.29 is 0 Å². The van der Waals surface area contributed by atoms with Crippen LogP contribution in [0, 0.1) is 12.3 Å². The lowest BCUT2D eigenvalue weighted by molar-refractivity contribution is 0.378. The first kappa shape index (κ1) is 28.0. The molecule has 0 radical (unpaired) electrons. The van der Waals surface area contributed by atoms with E-state index in [9.17, 15) is 0 Å². The van der Waals surface area contributed by atoms with Crippen LogP contribution in [-0.4, -0.2) is 12.8 Å². The quantitative estimate of drug-likeness (QED) is 0.540. The maximum absolute atomic E-state index is 4.50. The second kappa shape index (κ2) is 18.1. The van der Waals surface area contributed by atoms with Gasteiger partial charge >= 0.3 is 0 Å². The molecule has 2 rings (SSSR count). The molecule has 154 valence electrons. The molecule has 2 aromatic carbocycles. The van der Waals surface area contributed by atoms with Crippen LogP contribution in [0.2, 0.25) is 0 Å². The lowest BCUT2D eigenvalue weighted by Crippen LogP contribution is -2.06. The van der Waals surface area contributed by atoms with Gasteiger partial charge in [-0.2, -0.15) is 0 Å². The van der Waals surface area contributed by atoms with Crippen molar-refractivity contribution in [2.24, 2.45) is 11.1 Å². The minimum atomic E-state index is 0.449. The third-order valence-electron chi connectivity index (χ3n) is 3.34. The number of hydrogen-bond donors (Lipinski definition) is 1. The van der Waals surface area contributed by atoms with Gasteiger partial charge in [0, 0.05) is 4.90 Å². The lowest BCUT2D eigenvalue weighted by atomic mass is 9.88. The molecule has 2 aromatic rings. The first-order chi connectivity index (χ1) is 12.8. The summed E-state index contributed by atoms with van der Waals surface area (Å²) in [6.07, 6.45) is 3.71. The zero-order valence-electron chi connectivity index (χ0n) is 19.0. The average Bonchev–Trinajstić information content (AvgIpc) is 2.65. The number of hydrogen-bond acceptors (Lipinski definition) is 2. The van der Waals surface area contributed by atoms with Gasteiger partial charge in [-0.25, -0.2) is 0 Å². The minimum absolute atomic E-state index is 0.449. The lowest BCUT2D eigenvalue weighted by Gasteiger charge is -2.17. The molecule has 0 aliphatic rings. The SMILES string of the molecule is CCC.CCSc1ccccc1.CN.Cc1ccc(CCC(C)(C)C)cc1. The Morgan fingerprint density at radius 3 is 1.70 bits per heavy atom. The molecular weight excluding hydrogens is 346 g/mol. The summed E-state index contributed by atoms with van der Waals surface area (Å²) in [7, 11) is 1.50. The zero-order valence-corrected chi connectivity index (χ0v) is 19.8. The van der Waals surface area contributed by atoms with E-state index in [-0.39, 0.29) is 0 Å². The number of nitrogens with two attached hydrogens (primary N) is 1. The molecule has 0 spiro atoms. The van der Waals surface area contributed by atoms with Crippen molar-refractivity contribution in [3.05, 3.63) is 65.7 Å². The zero-order chi connectivity index (χ0) is 21.1. The average molecular weight is 390 g/mol. The second-order valence-electron chi connectivity index (χ2n) is 7.50. The smallest absolute Gasteiger partial charge is 0.00718 e. The van der Waals surface area contributed by atoms with Crippen LogP contribution in [0.4, 0.5) is 0 Å². The molecule has 2 N–H and O–H groups in total. The van der Waals surface area contributed by atoms with Gasteiger partial charge in [-0.15, -0.1) is 11.8 Å². The molecule has 0 heterocycles. The molecule has 27 heavy (non-hydrogen) atoms. The Hall–Kier alpha value is -1.25. The molecule has 2 heteroatoms. The van der Waals surface area contributed by atoms with E-state index in [1.54, 1.807) is 0 Å². The van der Waals surface area contributed by atoms with Gasteiger partial charge in [0.05, 0.1) is 0 Å². The van der Waals surface area contributed by atoms with E-state index in [1.807, 2.05) is 17.8 Å². The fourth-order valence-corrected chi connectivity index (χ4v) is 2.64. The highest BCUT2D eigenvalue weighted by atomic mass is 32.2. The van der Waals surface area contributed by atoms with Crippen LogP contribution in [0.5, 0.6) is 0 Å². The summed E-state index contributed by atoms with van der Waals surface area (Å²) in [4.78, 5) is 1.36. The topological polar surface area (TPSA) is 26.0 Å². The van der Waals surface area contributed by atoms with Crippen molar-refractivity contribution in [1.29, 1.82) is 0 Å². The first-order valence-corrected chi connectivity index (χ1v) is 11.1. The van der Waals surface area contributed by atoms with Crippen molar-refractivity contribution in [3.63, 3.8) is 0 Å². The van der Waals surface area contributed by atoms with Crippen molar-refractivity contribution in [3.8, 4) is 0 Å². The monoisotopic (exact) mass is 389 g/mol. The number of aryl methyl sites for hydroxylation is 2. The Morgan fingerprint density at radius 1 is 0.815 bits per heavy atom. The molecule has 0 saturated heterocycles. The van der Waals surface area contributed by atoms with Crippen LogP contribution in [-0.2, 0) is 6.42 Å². The number of benzene rings is 2. The fraction of sp³-hybridized carbons (Fsp3) is 0.520. The van der Waals surface area contributed by atoms with Gasteiger partial charge in [-0.1, -0.05) is 96.0 Å². The number of rotatable bonds is 4. The normalized spacial score (nSPS) is 9.67. The van der Waals surface area contributed by atoms with Crippen LogP contribution < -0.4 is 5.73 Å². The molecule has 1 nitrogen and oxygen atoms in total. The molecule has 0 fully saturated rings. The minimum Gasteiger partial charge on any atom is -0.333 e. The molecule has 0 bridgehead atoms. The maximum Gasteiger partial charge on any atom is 0.00718 e. The molecule has 0 aliphatic heterocycles. The summed E-state index contributed by atoms with van der Waals surface area (Å²) < 4.78 is 0. The largest absolute Gasteiger partial charge is 0.333 e. The van der Waals surface area contributed by atoms with Gasteiger partial charge in [0.1, 0.15) is 0 Å². The van der Waals surface area contributed by atoms with Crippen LogP contribution in [0.15, 0.2) is 59.5 Å². The van der Waals surface area contributed by atoms with Gasteiger partial charge in [-0.3, -0.25) is 0 Å². The van der Waals surface area contributed by atoms with Crippen LogP contribution in [0.1, 0.15) is 65.5 Å². The molecule has 0 unspecified atom stereocenters. The van der Waals surface area contributed by atoms with Crippen LogP contribution in [0.3, 0.4) is 0 Å². The molecular formula is C25H43NS. The Bertz CT molecular complexity index is 527. The number of thioether (sulfide) groups is 1. The first-order valence-electron chi connectivity index (χ1n) is 10.1. The summed E-state index contributed by atoms with van der Waals surface area (Å²) in [5, 5.41) is 0. The second-order valence-corrected chi connectivity index (χ2v) is 8.84. The van der Waals surface area contributed by atoms with E-state index >= 15 is 0 Å². The Balaban J connectivity index is 0. The summed E-state index contributed by atoms with van der Waals surface area (Å²) in [5.41, 5.74) is 7.75. The molecule has 0 saturated carbocycles. The summed E-state index contributed by atoms with van der Waals surface area (Å²) in [5.74, 6) is 1.16. The Morgan fingerprint density at radius 2 is 1.30 bits per heavy atom. The van der Waals surface area contributed by atoms with Crippen molar-refractivity contribution in [2.75, 3.05) is 12.8 Å². The van der Waals surface area contributed by atoms with E-state index in [0.717, 1.165) is 5.75 Å². The van der Waals surface area contributed by atoms with Crippen LogP contribution >= 0.6 is 11.8 Å². The van der Waals surface area contributed by atoms with E-state index in [1.165, 1.54) is 42.3 Å².